The van der Waals surface area contributed by atoms with Crippen LogP contribution in [0.4, 0.5) is 13.2 Å². The van der Waals surface area contributed by atoms with Gasteiger partial charge in [0.2, 0.25) is 0 Å². The topological polar surface area (TPSA) is 57.2 Å². The van der Waals surface area contributed by atoms with Crippen molar-refractivity contribution >= 4 is 10.1 Å². The third-order valence-corrected chi connectivity index (χ3v) is 3.52. The Morgan fingerprint density at radius 1 is 0.600 bits per heavy atom. The van der Waals surface area contributed by atoms with Gasteiger partial charge in [-0.1, -0.05) is 48.6 Å². The maximum atomic E-state index is 10.7. The monoisotopic (exact) mass is 468 g/mol. The van der Waals surface area contributed by atoms with Crippen molar-refractivity contribution in [3.05, 3.63) is 48.6 Å². The Kier molecular flexibility index (Phi) is 16.5. The van der Waals surface area contributed by atoms with Crippen LogP contribution < -0.4 is 0 Å². The first-order valence-corrected chi connectivity index (χ1v) is 9.28. The molecule has 2 aliphatic carbocycles. The smallest absolute Gasteiger partial charge is 0.485 e. The number of hydrogen-bond acceptors (Lipinski definition) is 3. The average molecular weight is 468 g/mol. The summed E-state index contributed by atoms with van der Waals surface area (Å²) >= 11 is 0. The number of allylic oxidation sites excluding steroid dienone is 8. The summed E-state index contributed by atoms with van der Waals surface area (Å²) in [6, 6.07) is 0. The average Bonchev–Trinajstić information content (AvgIpc) is 2.35. The maximum Gasteiger partial charge on any atom is 0.485 e. The molecule has 8 heteroatoms. The molecule has 1 radical (unpaired) electrons. The van der Waals surface area contributed by atoms with Crippen LogP contribution in [0.1, 0.15) is 51.4 Å². The fourth-order valence-corrected chi connectivity index (χ4v) is 1.71. The second-order valence-electron chi connectivity index (χ2n) is 5.09. The Morgan fingerprint density at radius 3 is 0.800 bits per heavy atom. The number of hydrogen-bond donors (Lipinski definition) is 0. The van der Waals surface area contributed by atoms with Crippen LogP contribution in [0.25, 0.3) is 0 Å². The normalized spacial score (nSPS) is 17.3. The van der Waals surface area contributed by atoms with Gasteiger partial charge in [0, 0.05) is 19.5 Å². The van der Waals surface area contributed by atoms with Gasteiger partial charge in [0.1, 0.15) is 0 Å². The molecule has 0 spiro atoms. The Balaban J connectivity index is 0. The zero-order chi connectivity index (χ0) is 18.3. The van der Waals surface area contributed by atoms with Crippen LogP contribution in [0.2, 0.25) is 0 Å². The minimum atomic E-state index is -6.09. The van der Waals surface area contributed by atoms with Crippen LogP contribution >= 0.6 is 0 Å². The van der Waals surface area contributed by atoms with Crippen molar-refractivity contribution in [3.8, 4) is 0 Å². The van der Waals surface area contributed by atoms with Crippen molar-refractivity contribution in [2.75, 3.05) is 0 Å². The summed E-state index contributed by atoms with van der Waals surface area (Å²) in [4.78, 5) is 0. The second kappa shape index (κ2) is 15.5. The van der Waals surface area contributed by atoms with E-state index in [1.54, 1.807) is 0 Å². The van der Waals surface area contributed by atoms with E-state index in [9.17, 15) is 13.2 Å². The summed E-state index contributed by atoms with van der Waals surface area (Å²) in [5.41, 5.74) is -5.65. The fourth-order valence-electron chi connectivity index (χ4n) is 1.71. The van der Waals surface area contributed by atoms with E-state index >= 15 is 0 Å². The first-order chi connectivity index (χ1) is 11.2. The van der Waals surface area contributed by atoms with Gasteiger partial charge in [0.15, 0.2) is 10.1 Å². The van der Waals surface area contributed by atoms with Crippen molar-refractivity contribution in [1.82, 2.24) is 0 Å². The van der Waals surface area contributed by atoms with Crippen LogP contribution in [0.3, 0.4) is 0 Å². The Bertz CT molecular complexity index is 456. The van der Waals surface area contributed by atoms with Crippen molar-refractivity contribution < 1.29 is 45.6 Å². The van der Waals surface area contributed by atoms with Gasteiger partial charge in [-0.3, -0.25) is 0 Å². The van der Waals surface area contributed by atoms with Gasteiger partial charge < -0.3 is 4.55 Å². The molecule has 0 atom stereocenters. The second-order valence-corrected chi connectivity index (χ2v) is 6.47. The molecule has 2 aliphatic rings. The van der Waals surface area contributed by atoms with Crippen molar-refractivity contribution in [2.24, 2.45) is 0 Å². The van der Waals surface area contributed by atoms with Crippen molar-refractivity contribution in [1.29, 1.82) is 0 Å². The predicted octanol–water partition coefficient (Wildman–Crippen LogP) is 5.39. The molecule has 0 aliphatic heterocycles. The third-order valence-electron chi connectivity index (χ3n) is 2.95. The fraction of sp³-hybridized carbons (Fsp3) is 0.529. The zero-order valence-electron chi connectivity index (χ0n) is 13.9. The van der Waals surface area contributed by atoms with Gasteiger partial charge in [-0.25, -0.2) is 8.42 Å². The first kappa shape index (κ1) is 26.5. The summed E-state index contributed by atoms with van der Waals surface area (Å²) in [5.74, 6) is 0. The minimum Gasteiger partial charge on any atom is -0.741 e. The van der Waals surface area contributed by atoms with E-state index < -0.39 is 15.6 Å². The Hall–Kier alpha value is -0.717. The van der Waals surface area contributed by atoms with E-state index in [1.807, 2.05) is 0 Å². The Labute approximate surface area is 161 Å². The van der Waals surface area contributed by atoms with E-state index in [0.29, 0.717) is 0 Å². The van der Waals surface area contributed by atoms with Gasteiger partial charge in [0.05, 0.1) is 0 Å². The third kappa shape index (κ3) is 17.9. The molecule has 0 fully saturated rings. The van der Waals surface area contributed by atoms with E-state index in [2.05, 4.69) is 48.6 Å². The van der Waals surface area contributed by atoms with Gasteiger partial charge in [-0.2, -0.15) is 13.2 Å². The molecule has 2 rings (SSSR count). The standard InChI is InChI=1S/2C8H12.CHF3O3S.Rh/c2*1-2-4-6-8-7-5-3-1;2-1(3,4)8(5,6)7;/h2*1-2,7-8H,3-6H2;(H,5,6,7);/p-1. The molecule has 3 nitrogen and oxygen atoms in total. The van der Waals surface area contributed by atoms with Gasteiger partial charge >= 0.3 is 5.51 Å². The number of alkyl halides is 3. The molecule has 0 saturated carbocycles. The molecule has 0 aromatic rings. The molecule has 0 aromatic heterocycles. The summed E-state index contributed by atoms with van der Waals surface area (Å²) < 4.78 is 58.9. The molecule has 0 aromatic carbocycles. The molecule has 0 heterocycles. The molecule has 0 N–H and O–H groups in total. The van der Waals surface area contributed by atoms with Crippen molar-refractivity contribution in [2.45, 2.75) is 56.9 Å². The molecule has 25 heavy (non-hydrogen) atoms. The predicted molar refractivity (Wildman–Crippen MR) is 89.2 cm³/mol. The van der Waals surface area contributed by atoms with Gasteiger partial charge in [0.25, 0.3) is 0 Å². The molecule has 0 unspecified atom stereocenters. The van der Waals surface area contributed by atoms with E-state index in [-0.39, 0.29) is 19.5 Å². The summed E-state index contributed by atoms with van der Waals surface area (Å²) in [5, 5.41) is 0. The summed E-state index contributed by atoms with van der Waals surface area (Å²) in [7, 11) is -6.09. The first-order valence-electron chi connectivity index (χ1n) is 7.87. The van der Waals surface area contributed by atoms with Crippen molar-refractivity contribution in [3.63, 3.8) is 0 Å². The summed E-state index contributed by atoms with van der Waals surface area (Å²) in [6.45, 7) is 0. The van der Waals surface area contributed by atoms with Crippen LogP contribution in [-0.2, 0) is 29.6 Å². The van der Waals surface area contributed by atoms with Crippen LogP contribution in [0.15, 0.2) is 48.6 Å². The number of rotatable bonds is 0. The van der Waals surface area contributed by atoms with Crippen LogP contribution in [0.5, 0.6) is 0 Å². The van der Waals surface area contributed by atoms with E-state index in [0.717, 1.165) is 0 Å². The molecule has 0 bridgehead atoms. The van der Waals surface area contributed by atoms with Gasteiger partial charge in [-0.15, -0.1) is 0 Å². The van der Waals surface area contributed by atoms with Gasteiger partial charge in [-0.05, 0) is 51.4 Å². The molecule has 147 valence electrons. The largest absolute Gasteiger partial charge is 0.741 e. The molecule has 0 amide bonds. The van der Waals surface area contributed by atoms with E-state index in [1.165, 1.54) is 51.4 Å². The van der Waals surface area contributed by atoms with E-state index in [4.69, 9.17) is 13.0 Å². The maximum absolute atomic E-state index is 10.7. The Morgan fingerprint density at radius 2 is 0.720 bits per heavy atom. The molecular weight excluding hydrogens is 444 g/mol. The van der Waals surface area contributed by atoms with Crippen LogP contribution in [-0.4, -0.2) is 18.5 Å². The zero-order valence-corrected chi connectivity index (χ0v) is 16.3. The molecule has 0 saturated heterocycles. The SMILES string of the molecule is C1=CCCC=CCC1.C1=CCCC=CCC1.O=S(=O)([O-])C(F)(F)F.[Rh]. The minimum absolute atomic E-state index is 0. The quantitative estimate of drug-likeness (QED) is 0.207. The summed E-state index contributed by atoms with van der Waals surface area (Å²) in [6.07, 6.45) is 28.0. The van der Waals surface area contributed by atoms with Crippen LogP contribution in [0, 0.1) is 0 Å². The molecular formula is C17H24F3O3RhS-. The number of halogens is 3.